The number of aromatic nitrogens is 3. The first-order chi connectivity index (χ1) is 10.8. The second kappa shape index (κ2) is 5.53. The van der Waals surface area contributed by atoms with Gasteiger partial charge in [0.15, 0.2) is 0 Å². The second-order valence-electron chi connectivity index (χ2n) is 5.80. The van der Waals surface area contributed by atoms with Crippen LogP contribution in [0, 0.1) is 6.92 Å². The van der Waals surface area contributed by atoms with E-state index in [2.05, 4.69) is 42.9 Å². The fraction of sp³-hybridized carbons (Fsp3) is 0.438. The molecule has 4 heterocycles. The van der Waals surface area contributed by atoms with Crippen molar-refractivity contribution in [3.05, 3.63) is 47.0 Å². The molecular formula is C16H19N5O. The van der Waals surface area contributed by atoms with Crippen molar-refractivity contribution in [3.63, 3.8) is 0 Å². The van der Waals surface area contributed by atoms with Gasteiger partial charge in [0.25, 0.3) is 0 Å². The Bertz CT molecular complexity index is 704. The molecule has 2 aromatic heterocycles. The van der Waals surface area contributed by atoms with E-state index in [-0.39, 0.29) is 0 Å². The van der Waals surface area contributed by atoms with E-state index >= 15 is 0 Å². The Morgan fingerprint density at radius 1 is 1.27 bits per heavy atom. The summed E-state index contributed by atoms with van der Waals surface area (Å²) in [5.74, 6) is 0.691. The Labute approximate surface area is 129 Å². The van der Waals surface area contributed by atoms with Gasteiger partial charge < -0.3 is 4.74 Å². The number of hydrogen-bond acceptors (Lipinski definition) is 5. The first-order valence-electron chi connectivity index (χ1n) is 7.66. The molecule has 0 aromatic carbocycles. The third-order valence-electron chi connectivity index (χ3n) is 4.06. The zero-order valence-electron chi connectivity index (χ0n) is 12.7. The highest BCUT2D eigenvalue weighted by atomic mass is 16.5. The van der Waals surface area contributed by atoms with E-state index in [4.69, 9.17) is 4.74 Å². The van der Waals surface area contributed by atoms with Crippen molar-refractivity contribution in [1.82, 2.24) is 19.7 Å². The number of fused-ring (bicyclic) bond motifs is 1. The minimum atomic E-state index is 0.671. The van der Waals surface area contributed by atoms with Crippen molar-refractivity contribution in [2.45, 2.75) is 26.6 Å². The highest BCUT2D eigenvalue weighted by Gasteiger charge is 2.22. The summed E-state index contributed by atoms with van der Waals surface area (Å²) in [6, 6.07) is 6.32. The maximum absolute atomic E-state index is 5.50. The van der Waals surface area contributed by atoms with E-state index in [1.165, 1.54) is 11.3 Å². The molecule has 6 nitrogen and oxygen atoms in total. The van der Waals surface area contributed by atoms with Crippen molar-refractivity contribution < 1.29 is 4.74 Å². The van der Waals surface area contributed by atoms with Gasteiger partial charge in [0, 0.05) is 31.5 Å². The van der Waals surface area contributed by atoms with Gasteiger partial charge in [0.05, 0.1) is 18.8 Å². The predicted octanol–water partition coefficient (Wildman–Crippen LogP) is 1.38. The van der Waals surface area contributed by atoms with E-state index in [1.54, 1.807) is 0 Å². The summed E-state index contributed by atoms with van der Waals surface area (Å²) in [6.45, 7) is 7.14. The number of hydrogen-bond donors (Lipinski definition) is 0. The Balaban J connectivity index is 1.48. The number of aliphatic imine (C=N–C) groups is 1. The molecule has 0 amide bonds. The van der Waals surface area contributed by atoms with Crippen LogP contribution in [0.1, 0.15) is 22.6 Å². The van der Waals surface area contributed by atoms with Gasteiger partial charge in [-0.1, -0.05) is 6.07 Å². The van der Waals surface area contributed by atoms with E-state index in [1.807, 2.05) is 13.1 Å². The first kappa shape index (κ1) is 13.5. The number of rotatable bonds is 3. The third kappa shape index (κ3) is 2.62. The fourth-order valence-electron chi connectivity index (χ4n) is 2.90. The summed E-state index contributed by atoms with van der Waals surface area (Å²) in [5, 5.41) is 4.61. The monoisotopic (exact) mass is 297 g/mol. The Hall–Kier alpha value is -2.21. The SMILES string of the molecule is Cc1ccc(CN2CCn3nc(C4=NCCO4)cc3C2)cn1. The quantitative estimate of drug-likeness (QED) is 0.859. The molecule has 0 fully saturated rings. The fourth-order valence-corrected chi connectivity index (χ4v) is 2.90. The van der Waals surface area contributed by atoms with Gasteiger partial charge in [-0.3, -0.25) is 14.6 Å². The van der Waals surface area contributed by atoms with Crippen LogP contribution in [0.25, 0.3) is 0 Å². The van der Waals surface area contributed by atoms with Gasteiger partial charge in [-0.15, -0.1) is 0 Å². The van der Waals surface area contributed by atoms with Crippen LogP contribution in [0.5, 0.6) is 0 Å². The lowest BCUT2D eigenvalue weighted by molar-refractivity contribution is 0.205. The van der Waals surface area contributed by atoms with Crippen LogP contribution in [0.15, 0.2) is 29.4 Å². The molecule has 0 N–H and O–H groups in total. The van der Waals surface area contributed by atoms with E-state index in [0.717, 1.165) is 44.1 Å². The molecule has 0 saturated carbocycles. The van der Waals surface area contributed by atoms with Crippen molar-refractivity contribution in [2.24, 2.45) is 4.99 Å². The molecule has 114 valence electrons. The minimum Gasteiger partial charge on any atom is -0.474 e. The first-order valence-corrected chi connectivity index (χ1v) is 7.66. The van der Waals surface area contributed by atoms with Gasteiger partial charge in [-0.2, -0.15) is 5.10 Å². The van der Waals surface area contributed by atoms with Crippen LogP contribution < -0.4 is 0 Å². The van der Waals surface area contributed by atoms with Crippen molar-refractivity contribution in [3.8, 4) is 0 Å². The number of pyridine rings is 1. The largest absolute Gasteiger partial charge is 0.474 e. The molecule has 22 heavy (non-hydrogen) atoms. The van der Waals surface area contributed by atoms with Gasteiger partial charge >= 0.3 is 0 Å². The molecule has 0 saturated heterocycles. The molecule has 4 rings (SSSR count). The van der Waals surface area contributed by atoms with E-state index in [9.17, 15) is 0 Å². The highest BCUT2D eigenvalue weighted by Crippen LogP contribution is 2.17. The molecule has 0 bridgehead atoms. The molecule has 0 spiro atoms. The summed E-state index contributed by atoms with van der Waals surface area (Å²) < 4.78 is 7.58. The topological polar surface area (TPSA) is 55.5 Å². The standard InChI is InChI=1S/C16H19N5O/c1-12-2-3-13(9-18-12)10-20-5-6-21-14(11-20)8-15(19-21)16-17-4-7-22-16/h2-3,8-9H,4-7,10-11H2,1H3. The zero-order valence-corrected chi connectivity index (χ0v) is 12.7. The van der Waals surface area contributed by atoms with Crippen molar-refractivity contribution >= 4 is 5.90 Å². The predicted molar refractivity (Wildman–Crippen MR) is 82.7 cm³/mol. The van der Waals surface area contributed by atoms with Crippen molar-refractivity contribution in [2.75, 3.05) is 19.7 Å². The molecular weight excluding hydrogens is 278 g/mol. The normalized spacial score (nSPS) is 18.0. The summed E-state index contributed by atoms with van der Waals surface area (Å²) in [6.07, 6.45) is 1.97. The maximum atomic E-state index is 5.50. The molecule has 0 radical (unpaired) electrons. The van der Waals surface area contributed by atoms with E-state index in [0.29, 0.717) is 12.5 Å². The lowest BCUT2D eigenvalue weighted by Crippen LogP contribution is -2.33. The van der Waals surface area contributed by atoms with E-state index < -0.39 is 0 Å². The van der Waals surface area contributed by atoms with Crippen LogP contribution in [0.2, 0.25) is 0 Å². The molecule has 0 unspecified atom stereocenters. The smallest absolute Gasteiger partial charge is 0.237 e. The van der Waals surface area contributed by atoms with Gasteiger partial charge in [0.1, 0.15) is 12.3 Å². The van der Waals surface area contributed by atoms with Crippen molar-refractivity contribution in [1.29, 1.82) is 0 Å². The Morgan fingerprint density at radius 3 is 3.00 bits per heavy atom. The zero-order chi connectivity index (χ0) is 14.9. The van der Waals surface area contributed by atoms with Crippen LogP contribution >= 0.6 is 0 Å². The summed E-state index contributed by atoms with van der Waals surface area (Å²) in [4.78, 5) is 11.1. The van der Waals surface area contributed by atoms with Crippen LogP contribution in [-0.4, -0.2) is 45.3 Å². The number of nitrogens with zero attached hydrogens (tertiary/aromatic N) is 5. The third-order valence-corrected chi connectivity index (χ3v) is 4.06. The molecule has 0 atom stereocenters. The van der Waals surface area contributed by atoms with Crippen LogP contribution in [0.3, 0.4) is 0 Å². The summed E-state index contributed by atoms with van der Waals surface area (Å²) in [5.41, 5.74) is 4.40. The van der Waals surface area contributed by atoms with Gasteiger partial charge in [0.2, 0.25) is 5.90 Å². The van der Waals surface area contributed by atoms with Gasteiger partial charge in [-0.25, -0.2) is 4.99 Å². The lowest BCUT2D eigenvalue weighted by atomic mass is 10.2. The molecule has 0 aliphatic carbocycles. The second-order valence-corrected chi connectivity index (χ2v) is 5.80. The summed E-state index contributed by atoms with van der Waals surface area (Å²) in [7, 11) is 0. The van der Waals surface area contributed by atoms with Crippen LogP contribution in [0.4, 0.5) is 0 Å². The minimum absolute atomic E-state index is 0.671. The Morgan fingerprint density at radius 2 is 2.23 bits per heavy atom. The maximum Gasteiger partial charge on any atom is 0.237 e. The van der Waals surface area contributed by atoms with Gasteiger partial charge in [-0.05, 0) is 24.6 Å². The lowest BCUT2D eigenvalue weighted by Gasteiger charge is -2.27. The molecule has 2 aliphatic rings. The van der Waals surface area contributed by atoms with Crippen LogP contribution in [-0.2, 0) is 24.4 Å². The molecule has 2 aromatic rings. The Kier molecular flexibility index (Phi) is 3.38. The summed E-state index contributed by atoms with van der Waals surface area (Å²) >= 11 is 0. The number of ether oxygens (including phenoxy) is 1. The molecule has 6 heteroatoms. The average Bonchev–Trinajstić information content (AvgIpc) is 3.17. The number of aryl methyl sites for hydroxylation is 1. The average molecular weight is 297 g/mol. The molecule has 2 aliphatic heterocycles. The highest BCUT2D eigenvalue weighted by molar-refractivity contribution is 5.93.